The molecule has 1 N–H and O–H groups in total. The smallest absolute Gasteiger partial charge is 0.258 e. The van der Waals surface area contributed by atoms with Crippen molar-refractivity contribution in [1.82, 2.24) is 4.90 Å². The quantitative estimate of drug-likeness (QED) is 0.610. The molecule has 0 saturated carbocycles. The molecule has 2 aliphatic heterocycles. The zero-order valence-electron chi connectivity index (χ0n) is 19.0. The van der Waals surface area contributed by atoms with Crippen molar-refractivity contribution in [3.63, 3.8) is 0 Å². The maximum absolute atomic E-state index is 13.5. The van der Waals surface area contributed by atoms with Gasteiger partial charge in [0.05, 0.1) is 13.7 Å². The van der Waals surface area contributed by atoms with E-state index in [1.165, 1.54) is 16.7 Å². The second-order valence-corrected chi connectivity index (χ2v) is 8.85. The Morgan fingerprint density at radius 2 is 1.91 bits per heavy atom. The number of aliphatic hydroxyl groups excluding tert-OH is 1. The standard InChI is InChI=1S/C28H30N2O3/c1-33-27-17-21(12-13-22(27)18-29-15-6-9-23(29)19-31)28(32)30-16-14-25-24(10-5-11-26(25)30)20-7-3-2-4-8-20/h2-5,7-8,10-13,17,23,31H,6,9,14-16,18-19H2,1H3/t23-/m0/s1. The molecule has 0 unspecified atom stereocenters. The normalized spacial score (nSPS) is 17.9. The van der Waals surface area contributed by atoms with Crippen LogP contribution in [0.5, 0.6) is 5.75 Å². The molecule has 33 heavy (non-hydrogen) atoms. The third-order valence-electron chi connectivity index (χ3n) is 6.97. The SMILES string of the molecule is COc1cc(C(=O)N2CCc3c(-c4ccccc4)cccc32)ccc1CN1CCC[C@H]1CO. The number of carbonyl (C=O) groups is 1. The fourth-order valence-electron chi connectivity index (χ4n) is 5.23. The van der Waals surface area contributed by atoms with Crippen molar-refractivity contribution in [2.75, 3.05) is 31.7 Å². The lowest BCUT2D eigenvalue weighted by Crippen LogP contribution is -2.32. The molecule has 1 saturated heterocycles. The lowest BCUT2D eigenvalue weighted by molar-refractivity contribution is 0.0989. The van der Waals surface area contributed by atoms with Gasteiger partial charge in [-0.15, -0.1) is 0 Å². The number of hydrogen-bond acceptors (Lipinski definition) is 4. The highest BCUT2D eigenvalue weighted by Gasteiger charge is 2.29. The maximum atomic E-state index is 13.5. The predicted molar refractivity (Wildman–Crippen MR) is 131 cm³/mol. The predicted octanol–water partition coefficient (Wildman–Crippen LogP) is 4.52. The van der Waals surface area contributed by atoms with Gasteiger partial charge in [-0.2, -0.15) is 0 Å². The zero-order valence-corrected chi connectivity index (χ0v) is 19.0. The lowest BCUT2D eigenvalue weighted by atomic mass is 9.98. The molecular weight excluding hydrogens is 412 g/mol. The molecule has 0 bridgehead atoms. The van der Waals surface area contributed by atoms with Gasteiger partial charge < -0.3 is 14.7 Å². The Morgan fingerprint density at radius 3 is 2.70 bits per heavy atom. The van der Waals surface area contributed by atoms with E-state index in [1.807, 2.05) is 53.4 Å². The second-order valence-electron chi connectivity index (χ2n) is 8.85. The fraction of sp³-hybridized carbons (Fsp3) is 0.321. The molecular formula is C28H30N2O3. The minimum Gasteiger partial charge on any atom is -0.496 e. The Hall–Kier alpha value is -3.15. The van der Waals surface area contributed by atoms with Gasteiger partial charge in [0, 0.05) is 35.9 Å². The number of aliphatic hydroxyl groups is 1. The van der Waals surface area contributed by atoms with Crippen LogP contribution in [0, 0.1) is 0 Å². The zero-order chi connectivity index (χ0) is 22.8. The number of amides is 1. The number of carbonyl (C=O) groups excluding carboxylic acids is 1. The van der Waals surface area contributed by atoms with Crippen LogP contribution in [0.2, 0.25) is 0 Å². The third kappa shape index (κ3) is 4.14. The minimum absolute atomic E-state index is 0.00165. The van der Waals surface area contributed by atoms with E-state index in [1.54, 1.807) is 7.11 Å². The average Bonchev–Trinajstić information content (AvgIpc) is 3.51. The molecule has 0 radical (unpaired) electrons. The van der Waals surface area contributed by atoms with Gasteiger partial charge in [0.25, 0.3) is 5.91 Å². The fourth-order valence-corrected chi connectivity index (χ4v) is 5.23. The van der Waals surface area contributed by atoms with Crippen molar-refractivity contribution in [1.29, 1.82) is 0 Å². The van der Waals surface area contributed by atoms with Gasteiger partial charge in [-0.25, -0.2) is 0 Å². The van der Waals surface area contributed by atoms with Crippen LogP contribution in [0.4, 0.5) is 5.69 Å². The van der Waals surface area contributed by atoms with Crippen LogP contribution in [-0.2, 0) is 13.0 Å². The molecule has 3 aromatic rings. The minimum atomic E-state index is -0.00165. The van der Waals surface area contributed by atoms with E-state index in [-0.39, 0.29) is 18.6 Å². The summed E-state index contributed by atoms with van der Waals surface area (Å²) in [5.74, 6) is 0.722. The Bertz CT molecular complexity index is 1150. The summed E-state index contributed by atoms with van der Waals surface area (Å²) in [6, 6.07) is 22.5. The van der Waals surface area contributed by atoms with Crippen molar-refractivity contribution in [2.24, 2.45) is 0 Å². The van der Waals surface area contributed by atoms with E-state index < -0.39 is 0 Å². The summed E-state index contributed by atoms with van der Waals surface area (Å²) < 4.78 is 5.66. The lowest BCUT2D eigenvalue weighted by Gasteiger charge is -2.24. The van der Waals surface area contributed by atoms with Gasteiger partial charge in [-0.1, -0.05) is 48.5 Å². The van der Waals surface area contributed by atoms with Crippen LogP contribution in [-0.4, -0.2) is 48.8 Å². The number of hydrogen-bond donors (Lipinski definition) is 1. The number of anilines is 1. The molecule has 5 nitrogen and oxygen atoms in total. The Kier molecular flexibility index (Phi) is 6.16. The first-order chi connectivity index (χ1) is 16.2. The van der Waals surface area contributed by atoms with Crippen molar-refractivity contribution in [3.8, 4) is 16.9 Å². The van der Waals surface area contributed by atoms with Crippen molar-refractivity contribution in [3.05, 3.63) is 83.4 Å². The van der Waals surface area contributed by atoms with E-state index in [0.717, 1.165) is 49.4 Å². The maximum Gasteiger partial charge on any atom is 0.258 e. The Balaban J connectivity index is 1.40. The molecule has 170 valence electrons. The summed E-state index contributed by atoms with van der Waals surface area (Å²) in [4.78, 5) is 17.7. The van der Waals surface area contributed by atoms with Crippen LogP contribution < -0.4 is 9.64 Å². The van der Waals surface area contributed by atoms with E-state index in [4.69, 9.17) is 4.74 Å². The summed E-state index contributed by atoms with van der Waals surface area (Å²) >= 11 is 0. The molecule has 5 rings (SSSR count). The Labute approximate surface area is 195 Å². The Morgan fingerprint density at radius 1 is 1.06 bits per heavy atom. The van der Waals surface area contributed by atoms with E-state index in [2.05, 4.69) is 23.1 Å². The summed E-state index contributed by atoms with van der Waals surface area (Å²) in [5, 5.41) is 9.63. The molecule has 2 heterocycles. The highest BCUT2D eigenvalue weighted by Crippen LogP contribution is 2.37. The van der Waals surface area contributed by atoms with E-state index >= 15 is 0 Å². The van der Waals surface area contributed by atoms with Gasteiger partial charge in [0.1, 0.15) is 5.75 Å². The number of nitrogens with zero attached hydrogens (tertiary/aromatic N) is 2. The van der Waals surface area contributed by atoms with E-state index in [9.17, 15) is 9.90 Å². The van der Waals surface area contributed by atoms with Crippen LogP contribution in [0.1, 0.15) is 34.3 Å². The van der Waals surface area contributed by atoms with Gasteiger partial charge in [-0.3, -0.25) is 9.69 Å². The van der Waals surface area contributed by atoms with Gasteiger partial charge in [0.2, 0.25) is 0 Å². The molecule has 0 spiro atoms. The van der Waals surface area contributed by atoms with Crippen LogP contribution >= 0.6 is 0 Å². The number of fused-ring (bicyclic) bond motifs is 1. The average molecular weight is 443 g/mol. The number of benzene rings is 3. The van der Waals surface area contributed by atoms with Crippen LogP contribution in [0.3, 0.4) is 0 Å². The summed E-state index contributed by atoms with van der Waals surface area (Å²) in [7, 11) is 1.65. The third-order valence-corrected chi connectivity index (χ3v) is 6.97. The molecule has 2 aliphatic rings. The molecule has 3 aromatic carbocycles. The van der Waals surface area contributed by atoms with E-state index in [0.29, 0.717) is 12.1 Å². The summed E-state index contributed by atoms with van der Waals surface area (Å²) in [6.07, 6.45) is 2.97. The number of rotatable bonds is 6. The first-order valence-electron chi connectivity index (χ1n) is 11.7. The molecule has 1 amide bonds. The van der Waals surface area contributed by atoms with Crippen molar-refractivity contribution >= 4 is 11.6 Å². The highest BCUT2D eigenvalue weighted by molar-refractivity contribution is 6.08. The highest BCUT2D eigenvalue weighted by atomic mass is 16.5. The molecule has 1 atom stereocenters. The topological polar surface area (TPSA) is 53.0 Å². The van der Waals surface area contributed by atoms with Gasteiger partial charge in [0.15, 0.2) is 0 Å². The summed E-state index contributed by atoms with van der Waals surface area (Å²) in [6.45, 7) is 2.55. The van der Waals surface area contributed by atoms with Crippen LogP contribution in [0.25, 0.3) is 11.1 Å². The summed E-state index contributed by atoms with van der Waals surface area (Å²) in [5.41, 5.74) is 6.27. The van der Waals surface area contributed by atoms with Crippen molar-refractivity contribution in [2.45, 2.75) is 31.8 Å². The largest absolute Gasteiger partial charge is 0.496 e. The molecule has 5 heteroatoms. The second kappa shape index (κ2) is 9.38. The molecule has 0 aliphatic carbocycles. The van der Waals surface area contributed by atoms with Gasteiger partial charge >= 0.3 is 0 Å². The number of likely N-dealkylation sites (tertiary alicyclic amines) is 1. The van der Waals surface area contributed by atoms with Gasteiger partial charge in [-0.05, 0) is 60.7 Å². The number of ether oxygens (including phenoxy) is 1. The number of methoxy groups -OCH3 is 1. The molecule has 0 aromatic heterocycles. The molecule has 1 fully saturated rings. The first kappa shape index (κ1) is 21.7. The monoisotopic (exact) mass is 442 g/mol. The van der Waals surface area contributed by atoms with Crippen molar-refractivity contribution < 1.29 is 14.6 Å². The van der Waals surface area contributed by atoms with Crippen LogP contribution in [0.15, 0.2) is 66.7 Å². The first-order valence-corrected chi connectivity index (χ1v) is 11.7.